The van der Waals surface area contributed by atoms with E-state index in [1.807, 2.05) is 11.0 Å². The Kier molecular flexibility index (Phi) is 5.08. The Morgan fingerprint density at radius 1 is 1.21 bits per heavy atom. The van der Waals surface area contributed by atoms with Crippen LogP contribution < -0.4 is 4.74 Å². The van der Waals surface area contributed by atoms with E-state index in [1.54, 1.807) is 25.6 Å². The molecule has 2 heterocycles. The molecule has 2 atom stereocenters. The molecule has 0 aliphatic carbocycles. The zero-order valence-electron chi connectivity index (χ0n) is 13.5. The number of aliphatic hydroxyl groups is 2. The van der Waals surface area contributed by atoms with Gasteiger partial charge in [0.2, 0.25) is 0 Å². The van der Waals surface area contributed by atoms with Gasteiger partial charge in [0.05, 0.1) is 19.3 Å². The average molecular weight is 332 g/mol. The summed E-state index contributed by atoms with van der Waals surface area (Å²) in [6.07, 6.45) is 2.78. The number of pyridine rings is 1. The van der Waals surface area contributed by atoms with E-state index < -0.39 is 12.2 Å². The van der Waals surface area contributed by atoms with Crippen LogP contribution >= 0.6 is 0 Å². The topological polar surface area (TPSA) is 65.8 Å². The lowest BCUT2D eigenvalue weighted by atomic mass is 10.0. The Labute approximate surface area is 140 Å². The summed E-state index contributed by atoms with van der Waals surface area (Å²) in [5, 5.41) is 19.6. The van der Waals surface area contributed by atoms with Gasteiger partial charge in [0, 0.05) is 49.6 Å². The number of benzene rings is 1. The smallest absolute Gasteiger partial charge is 0.126 e. The van der Waals surface area contributed by atoms with Gasteiger partial charge >= 0.3 is 0 Å². The number of rotatable bonds is 4. The lowest BCUT2D eigenvalue weighted by Gasteiger charge is -2.33. The normalized spacial score (nSPS) is 21.7. The highest BCUT2D eigenvalue weighted by molar-refractivity contribution is 5.70. The molecule has 0 bridgehead atoms. The summed E-state index contributed by atoms with van der Waals surface area (Å²) in [7, 11) is 1.55. The Morgan fingerprint density at radius 3 is 2.67 bits per heavy atom. The van der Waals surface area contributed by atoms with E-state index in [-0.39, 0.29) is 5.82 Å². The number of nitrogens with zero attached hydrogens (tertiary/aromatic N) is 2. The maximum atomic E-state index is 13.6. The van der Waals surface area contributed by atoms with E-state index in [1.165, 1.54) is 12.1 Å². The number of likely N-dealkylation sites (tertiary alicyclic amines) is 1. The van der Waals surface area contributed by atoms with Crippen molar-refractivity contribution in [2.24, 2.45) is 0 Å². The molecule has 1 saturated heterocycles. The number of hydrogen-bond donors (Lipinski definition) is 2. The van der Waals surface area contributed by atoms with Crippen LogP contribution in [0.15, 0.2) is 36.7 Å². The SMILES string of the molecule is COc1ccc(F)cc1-c1cncc(CN2C[C@H](O)C[C@H](O)C2)c1. The first kappa shape index (κ1) is 16.8. The van der Waals surface area contributed by atoms with Crippen molar-refractivity contribution in [3.05, 3.63) is 48.0 Å². The summed E-state index contributed by atoms with van der Waals surface area (Å²) >= 11 is 0. The fourth-order valence-corrected chi connectivity index (χ4v) is 3.15. The van der Waals surface area contributed by atoms with Crippen LogP contribution in [0.2, 0.25) is 0 Å². The minimum atomic E-state index is -0.520. The van der Waals surface area contributed by atoms with Gasteiger partial charge in [-0.05, 0) is 29.8 Å². The Bertz CT molecular complexity index is 700. The highest BCUT2D eigenvalue weighted by Crippen LogP contribution is 2.30. The predicted octanol–water partition coefficient (Wildman–Crippen LogP) is 1.82. The number of piperidine rings is 1. The standard InChI is InChI=1S/C18H21FN2O3/c1-24-18-3-2-14(19)5-17(18)13-4-12(7-20-8-13)9-21-10-15(22)6-16(23)11-21/h2-5,7-8,15-16,22-23H,6,9-11H2,1H3/t15-,16+. The largest absolute Gasteiger partial charge is 0.496 e. The summed E-state index contributed by atoms with van der Waals surface area (Å²) < 4.78 is 18.9. The van der Waals surface area contributed by atoms with Crippen molar-refractivity contribution >= 4 is 0 Å². The molecule has 0 radical (unpaired) electrons. The molecule has 1 fully saturated rings. The number of aromatic nitrogens is 1. The van der Waals surface area contributed by atoms with Gasteiger partial charge in [-0.1, -0.05) is 0 Å². The summed E-state index contributed by atoms with van der Waals surface area (Å²) in [6.45, 7) is 1.60. The molecule has 0 spiro atoms. The van der Waals surface area contributed by atoms with Gasteiger partial charge in [0.1, 0.15) is 11.6 Å². The van der Waals surface area contributed by atoms with Crippen molar-refractivity contribution in [1.29, 1.82) is 0 Å². The number of methoxy groups -OCH3 is 1. The van der Waals surface area contributed by atoms with Crippen LogP contribution in [-0.2, 0) is 6.54 Å². The molecular formula is C18H21FN2O3. The molecule has 2 N–H and O–H groups in total. The Balaban J connectivity index is 1.83. The highest BCUT2D eigenvalue weighted by Gasteiger charge is 2.24. The molecule has 1 aromatic carbocycles. The zero-order valence-corrected chi connectivity index (χ0v) is 13.5. The van der Waals surface area contributed by atoms with Gasteiger partial charge in [0.15, 0.2) is 0 Å². The van der Waals surface area contributed by atoms with Crippen LogP contribution in [0.4, 0.5) is 4.39 Å². The molecule has 24 heavy (non-hydrogen) atoms. The van der Waals surface area contributed by atoms with E-state index in [4.69, 9.17) is 4.74 Å². The summed E-state index contributed by atoms with van der Waals surface area (Å²) in [4.78, 5) is 6.23. The molecule has 2 aromatic rings. The van der Waals surface area contributed by atoms with E-state index in [0.717, 1.165) is 11.1 Å². The number of halogens is 1. The molecular weight excluding hydrogens is 311 g/mol. The lowest BCUT2D eigenvalue weighted by Crippen LogP contribution is -2.45. The molecule has 6 heteroatoms. The highest BCUT2D eigenvalue weighted by atomic mass is 19.1. The maximum absolute atomic E-state index is 13.6. The second-order valence-corrected chi connectivity index (χ2v) is 6.16. The number of hydrogen-bond acceptors (Lipinski definition) is 5. The molecule has 128 valence electrons. The van der Waals surface area contributed by atoms with Gasteiger partial charge in [-0.2, -0.15) is 0 Å². The molecule has 1 aliphatic rings. The van der Waals surface area contributed by atoms with E-state index >= 15 is 0 Å². The molecule has 1 aliphatic heterocycles. The van der Waals surface area contributed by atoms with Crippen LogP contribution in [0.3, 0.4) is 0 Å². The second-order valence-electron chi connectivity index (χ2n) is 6.16. The van der Waals surface area contributed by atoms with Crippen molar-refractivity contribution in [3.8, 4) is 16.9 Å². The second kappa shape index (κ2) is 7.25. The molecule has 0 amide bonds. The van der Waals surface area contributed by atoms with Crippen molar-refractivity contribution in [2.75, 3.05) is 20.2 Å². The Morgan fingerprint density at radius 2 is 1.96 bits per heavy atom. The van der Waals surface area contributed by atoms with Gasteiger partial charge < -0.3 is 14.9 Å². The van der Waals surface area contributed by atoms with Crippen LogP contribution in [-0.4, -0.2) is 52.5 Å². The van der Waals surface area contributed by atoms with Crippen LogP contribution in [0, 0.1) is 5.82 Å². The van der Waals surface area contributed by atoms with Crippen LogP contribution in [0.25, 0.3) is 11.1 Å². The zero-order chi connectivity index (χ0) is 17.1. The van der Waals surface area contributed by atoms with Gasteiger partial charge in [-0.15, -0.1) is 0 Å². The molecule has 1 aromatic heterocycles. The lowest BCUT2D eigenvalue weighted by molar-refractivity contribution is -0.0110. The first-order chi connectivity index (χ1) is 11.5. The van der Waals surface area contributed by atoms with Crippen molar-refractivity contribution in [2.45, 2.75) is 25.2 Å². The molecule has 0 saturated carbocycles. The number of β-amino-alcohol motifs (C(OH)–C–C–N with tert-alkyl or cyclic N) is 2. The van der Waals surface area contributed by atoms with E-state index in [0.29, 0.717) is 37.4 Å². The first-order valence-corrected chi connectivity index (χ1v) is 7.91. The summed E-state index contributed by atoms with van der Waals surface area (Å²) in [5.74, 6) is 0.248. The van der Waals surface area contributed by atoms with Gasteiger partial charge in [0.25, 0.3) is 0 Å². The average Bonchev–Trinajstić information content (AvgIpc) is 2.54. The maximum Gasteiger partial charge on any atom is 0.126 e. The summed E-state index contributed by atoms with van der Waals surface area (Å²) in [5.41, 5.74) is 2.34. The third-order valence-electron chi connectivity index (χ3n) is 4.16. The molecule has 0 unspecified atom stereocenters. The van der Waals surface area contributed by atoms with Crippen molar-refractivity contribution in [3.63, 3.8) is 0 Å². The molecule has 3 rings (SSSR count). The van der Waals surface area contributed by atoms with Crippen LogP contribution in [0.5, 0.6) is 5.75 Å². The third-order valence-corrected chi connectivity index (χ3v) is 4.16. The number of aliphatic hydroxyl groups excluding tert-OH is 2. The number of ether oxygens (including phenoxy) is 1. The monoisotopic (exact) mass is 332 g/mol. The van der Waals surface area contributed by atoms with Crippen molar-refractivity contribution in [1.82, 2.24) is 9.88 Å². The van der Waals surface area contributed by atoms with E-state index in [2.05, 4.69) is 4.98 Å². The van der Waals surface area contributed by atoms with Gasteiger partial charge in [-0.25, -0.2) is 4.39 Å². The summed E-state index contributed by atoms with van der Waals surface area (Å²) in [6, 6.07) is 6.30. The fourth-order valence-electron chi connectivity index (χ4n) is 3.15. The fraction of sp³-hybridized carbons (Fsp3) is 0.389. The quantitative estimate of drug-likeness (QED) is 0.894. The molecule has 5 nitrogen and oxygen atoms in total. The Hall–Kier alpha value is -2.02. The minimum absolute atomic E-state index is 0.335. The van der Waals surface area contributed by atoms with E-state index in [9.17, 15) is 14.6 Å². The minimum Gasteiger partial charge on any atom is -0.496 e. The predicted molar refractivity (Wildman–Crippen MR) is 88.1 cm³/mol. The first-order valence-electron chi connectivity index (χ1n) is 7.91. The van der Waals surface area contributed by atoms with Crippen molar-refractivity contribution < 1.29 is 19.3 Å². The van der Waals surface area contributed by atoms with Crippen LogP contribution in [0.1, 0.15) is 12.0 Å². The third kappa shape index (κ3) is 3.90. The van der Waals surface area contributed by atoms with Gasteiger partial charge in [-0.3, -0.25) is 9.88 Å².